The number of nitrogens with one attached hydrogen (secondary N) is 2. The molecule has 3 aromatic rings. The van der Waals surface area contributed by atoms with Crippen LogP contribution in [0.15, 0.2) is 57.9 Å². The normalized spacial score (nSPS) is 10.9. The molecule has 0 aliphatic heterocycles. The first kappa shape index (κ1) is 27.1. The second-order valence-corrected chi connectivity index (χ2v) is 10.6. The van der Waals surface area contributed by atoms with Crippen molar-refractivity contribution in [3.8, 4) is 17.6 Å². The molecule has 0 unspecified atom stereocenters. The topological polar surface area (TPSA) is 125 Å². The highest BCUT2D eigenvalue weighted by Crippen LogP contribution is 2.35. The zero-order valence-corrected chi connectivity index (χ0v) is 22.0. The van der Waals surface area contributed by atoms with Crippen LogP contribution in [0.2, 0.25) is 5.02 Å². The van der Waals surface area contributed by atoms with Crippen molar-refractivity contribution in [3.63, 3.8) is 0 Å². The lowest BCUT2D eigenvalue weighted by Crippen LogP contribution is -2.28. The van der Waals surface area contributed by atoms with Crippen molar-refractivity contribution in [2.24, 2.45) is 0 Å². The first-order chi connectivity index (χ1) is 16.9. The summed E-state index contributed by atoms with van der Waals surface area (Å²) < 4.78 is 47.2. The van der Waals surface area contributed by atoms with Gasteiger partial charge in [-0.15, -0.1) is 0 Å². The molecule has 0 saturated carbocycles. The zero-order chi connectivity index (χ0) is 26.6. The molecule has 36 heavy (non-hydrogen) atoms. The Labute approximate surface area is 220 Å². The van der Waals surface area contributed by atoms with Gasteiger partial charge in [-0.25, -0.2) is 17.5 Å². The van der Waals surface area contributed by atoms with Gasteiger partial charge in [0, 0.05) is 12.5 Å². The number of nitriles is 1. The molecule has 2 amide bonds. The molecular weight excluding hydrogens is 577 g/mol. The molecule has 3 aromatic carbocycles. The fourth-order valence-corrected chi connectivity index (χ4v) is 4.87. The molecule has 2 N–H and O–H groups in total. The van der Waals surface area contributed by atoms with E-state index in [9.17, 15) is 18.0 Å². The molecule has 12 heteroatoms. The van der Waals surface area contributed by atoms with Crippen LogP contribution in [0.1, 0.15) is 23.6 Å². The summed E-state index contributed by atoms with van der Waals surface area (Å²) in [7, 11) is -4.11. The lowest BCUT2D eigenvalue weighted by molar-refractivity contribution is -0.117. The summed E-state index contributed by atoms with van der Waals surface area (Å²) in [5.74, 6) is -2.06. The van der Waals surface area contributed by atoms with Crippen molar-refractivity contribution in [3.05, 3.63) is 80.5 Å². The smallest absolute Gasteiger partial charge is 0.264 e. The van der Waals surface area contributed by atoms with E-state index in [4.69, 9.17) is 21.6 Å². The van der Waals surface area contributed by atoms with E-state index in [0.29, 0.717) is 10.0 Å². The van der Waals surface area contributed by atoms with Gasteiger partial charge in [0.15, 0.2) is 11.6 Å². The molecule has 0 radical (unpaired) electrons. The van der Waals surface area contributed by atoms with Gasteiger partial charge < -0.3 is 10.1 Å². The number of rotatable bonds is 7. The molecule has 0 aliphatic carbocycles. The summed E-state index contributed by atoms with van der Waals surface area (Å²) >= 11 is 9.35. The Kier molecular flexibility index (Phi) is 8.35. The molecule has 0 heterocycles. The van der Waals surface area contributed by atoms with Gasteiger partial charge in [-0.05, 0) is 70.9 Å². The van der Waals surface area contributed by atoms with Crippen LogP contribution in [-0.2, 0) is 26.0 Å². The minimum Gasteiger partial charge on any atom is -0.453 e. The van der Waals surface area contributed by atoms with Gasteiger partial charge in [-0.1, -0.05) is 17.7 Å². The average molecular weight is 595 g/mol. The van der Waals surface area contributed by atoms with Gasteiger partial charge in [-0.2, -0.15) is 5.26 Å². The van der Waals surface area contributed by atoms with Gasteiger partial charge in [0.25, 0.3) is 10.0 Å². The van der Waals surface area contributed by atoms with Crippen LogP contribution >= 0.6 is 27.5 Å². The van der Waals surface area contributed by atoms with Crippen LogP contribution in [0.4, 0.5) is 10.1 Å². The maximum atomic E-state index is 15.2. The molecule has 3 rings (SSSR count). The number of halogens is 3. The van der Waals surface area contributed by atoms with Crippen LogP contribution in [0, 0.1) is 24.1 Å². The SMILES string of the molecule is CC(=O)NS(=O)(=O)c1ccc(NC(=O)Cc2ccc(Br)c(Oc3cc(C)cc(C#N)c3)c2F)c(Cl)c1. The van der Waals surface area contributed by atoms with E-state index in [-0.39, 0.29) is 39.1 Å². The first-order valence-electron chi connectivity index (χ1n) is 10.2. The maximum Gasteiger partial charge on any atom is 0.264 e. The van der Waals surface area contributed by atoms with Gasteiger partial charge in [0.05, 0.1) is 38.1 Å². The molecule has 0 fully saturated rings. The largest absolute Gasteiger partial charge is 0.453 e. The van der Waals surface area contributed by atoms with Gasteiger partial charge in [0.2, 0.25) is 11.8 Å². The standard InChI is InChI=1S/C24H18BrClFN3O5S/c1-13-7-15(12-28)9-17(8-13)35-24-19(25)5-3-16(23(24)27)10-22(32)29-21-6-4-18(11-20(21)26)36(33,34)30-14(2)31/h3-9,11H,10H2,1-2H3,(H,29,32)(H,30,31). The molecule has 0 aliphatic rings. The number of hydrogen-bond donors (Lipinski definition) is 2. The summed E-state index contributed by atoms with van der Waals surface area (Å²) in [5.41, 5.74) is 1.23. The maximum absolute atomic E-state index is 15.2. The highest BCUT2D eigenvalue weighted by atomic mass is 79.9. The van der Waals surface area contributed by atoms with E-state index in [1.54, 1.807) is 19.1 Å². The third-order valence-electron chi connectivity index (χ3n) is 4.68. The van der Waals surface area contributed by atoms with Crippen molar-refractivity contribution in [1.29, 1.82) is 5.26 Å². The fraction of sp³-hybridized carbons (Fsp3) is 0.125. The van der Waals surface area contributed by atoms with E-state index in [1.165, 1.54) is 24.3 Å². The van der Waals surface area contributed by atoms with Crippen molar-refractivity contribution in [2.75, 3.05) is 5.32 Å². The molecule has 8 nitrogen and oxygen atoms in total. The van der Waals surface area contributed by atoms with Crippen molar-refractivity contribution in [2.45, 2.75) is 25.2 Å². The van der Waals surface area contributed by atoms with Gasteiger partial charge in [-0.3, -0.25) is 9.59 Å². The Hall–Kier alpha value is -3.46. The predicted octanol–water partition coefficient (Wildman–Crippen LogP) is 5.22. The second kappa shape index (κ2) is 11.1. The van der Waals surface area contributed by atoms with E-state index in [0.717, 1.165) is 24.6 Å². The van der Waals surface area contributed by atoms with Crippen molar-refractivity contribution in [1.82, 2.24) is 4.72 Å². The molecule has 0 spiro atoms. The Morgan fingerprint density at radius 1 is 1.17 bits per heavy atom. The van der Waals surface area contributed by atoms with Gasteiger partial charge >= 0.3 is 0 Å². The number of ether oxygens (including phenoxy) is 1. The second-order valence-electron chi connectivity index (χ2n) is 7.63. The number of amides is 2. The highest BCUT2D eigenvalue weighted by Gasteiger charge is 2.20. The molecule has 0 bridgehead atoms. The summed E-state index contributed by atoms with van der Waals surface area (Å²) in [6, 6.07) is 13.2. The lowest BCUT2D eigenvalue weighted by Gasteiger charge is -2.13. The average Bonchev–Trinajstić information content (AvgIpc) is 2.78. The van der Waals surface area contributed by atoms with Crippen LogP contribution in [-0.4, -0.2) is 20.2 Å². The van der Waals surface area contributed by atoms with Crippen LogP contribution in [0.3, 0.4) is 0 Å². The monoisotopic (exact) mass is 593 g/mol. The number of carbonyl (C=O) groups excluding carboxylic acids is 2. The van der Waals surface area contributed by atoms with Crippen molar-refractivity contribution < 1.29 is 27.1 Å². The summed E-state index contributed by atoms with van der Waals surface area (Å²) in [6.07, 6.45) is -0.380. The highest BCUT2D eigenvalue weighted by molar-refractivity contribution is 9.10. The molecule has 0 saturated heterocycles. The number of sulfonamides is 1. The molecular formula is C24H18BrClFN3O5S. The Morgan fingerprint density at radius 2 is 1.89 bits per heavy atom. The fourth-order valence-electron chi connectivity index (χ4n) is 3.17. The Bertz CT molecular complexity index is 1520. The van der Waals surface area contributed by atoms with Crippen LogP contribution in [0.5, 0.6) is 11.5 Å². The minimum absolute atomic E-state index is 0.0276. The Morgan fingerprint density at radius 3 is 2.53 bits per heavy atom. The Balaban J connectivity index is 1.79. The summed E-state index contributed by atoms with van der Waals surface area (Å²) in [4.78, 5) is 23.4. The molecule has 186 valence electrons. The minimum atomic E-state index is -4.11. The number of hydrogen-bond acceptors (Lipinski definition) is 6. The number of aryl methyl sites for hydroxylation is 1. The van der Waals surface area contributed by atoms with E-state index in [1.807, 2.05) is 10.8 Å². The number of benzene rings is 3. The summed E-state index contributed by atoms with van der Waals surface area (Å²) in [6.45, 7) is 2.82. The first-order valence-corrected chi connectivity index (χ1v) is 12.8. The van der Waals surface area contributed by atoms with Crippen LogP contribution < -0.4 is 14.8 Å². The van der Waals surface area contributed by atoms with Crippen LogP contribution in [0.25, 0.3) is 0 Å². The third-order valence-corrected chi connectivity index (χ3v) is 7.05. The molecule has 0 atom stereocenters. The number of carbonyl (C=O) groups is 2. The quantitative estimate of drug-likeness (QED) is 0.386. The van der Waals surface area contributed by atoms with Crippen molar-refractivity contribution >= 4 is 55.1 Å². The number of anilines is 1. The lowest BCUT2D eigenvalue weighted by atomic mass is 10.1. The molecule has 0 aromatic heterocycles. The third kappa shape index (κ3) is 6.60. The van der Waals surface area contributed by atoms with E-state index < -0.39 is 27.7 Å². The predicted molar refractivity (Wildman–Crippen MR) is 135 cm³/mol. The summed E-state index contributed by atoms with van der Waals surface area (Å²) in [5, 5.41) is 11.6. The zero-order valence-electron chi connectivity index (χ0n) is 18.9. The van der Waals surface area contributed by atoms with E-state index >= 15 is 4.39 Å². The van der Waals surface area contributed by atoms with E-state index in [2.05, 4.69) is 21.2 Å². The number of nitrogens with zero attached hydrogens (tertiary/aromatic N) is 1. The van der Waals surface area contributed by atoms with Gasteiger partial charge in [0.1, 0.15) is 5.75 Å².